The molecular formula is C16H25N3OS. The van der Waals surface area contributed by atoms with Crippen LogP contribution in [0, 0.1) is 13.8 Å². The summed E-state index contributed by atoms with van der Waals surface area (Å²) in [6.45, 7) is 13.9. The van der Waals surface area contributed by atoms with Gasteiger partial charge < -0.3 is 10.1 Å². The van der Waals surface area contributed by atoms with Crippen molar-refractivity contribution >= 4 is 27.4 Å². The Morgan fingerprint density at radius 3 is 2.52 bits per heavy atom. The average Bonchev–Trinajstić information content (AvgIpc) is 2.68. The number of aryl methyl sites for hydroxylation is 2. The predicted molar refractivity (Wildman–Crippen MR) is 90.2 cm³/mol. The first-order chi connectivity index (χ1) is 9.81. The number of hydrogen-bond donors (Lipinski definition) is 1. The van der Waals surface area contributed by atoms with Crippen molar-refractivity contribution in [1.29, 1.82) is 0 Å². The van der Waals surface area contributed by atoms with Gasteiger partial charge in [0.1, 0.15) is 17.3 Å². The van der Waals surface area contributed by atoms with Crippen LogP contribution in [0.4, 0.5) is 5.82 Å². The Morgan fingerprint density at radius 2 is 1.90 bits per heavy atom. The summed E-state index contributed by atoms with van der Waals surface area (Å²) in [5, 5.41) is 4.59. The largest absolute Gasteiger partial charge is 0.369 e. The molecule has 0 aromatic carbocycles. The zero-order valence-electron chi connectivity index (χ0n) is 13.8. The average molecular weight is 307 g/mol. The third-order valence-electron chi connectivity index (χ3n) is 3.25. The van der Waals surface area contributed by atoms with Gasteiger partial charge in [0, 0.05) is 11.4 Å². The normalized spacial score (nSPS) is 12.1. The minimum atomic E-state index is -0.184. The number of aromatic nitrogens is 2. The predicted octanol–water partition coefficient (Wildman–Crippen LogP) is 4.45. The molecule has 1 N–H and O–H groups in total. The van der Waals surface area contributed by atoms with E-state index in [9.17, 15) is 0 Å². The van der Waals surface area contributed by atoms with Crippen LogP contribution in [0.1, 0.15) is 50.4 Å². The Labute approximate surface area is 131 Å². The van der Waals surface area contributed by atoms with Crippen LogP contribution >= 0.6 is 11.3 Å². The SMILES string of the molecule is CCCNc1nc(COC(C)(C)C)nc2sc(C)c(C)c12. The maximum Gasteiger partial charge on any atom is 0.158 e. The number of rotatable bonds is 5. The lowest BCUT2D eigenvalue weighted by atomic mass is 10.2. The second kappa shape index (κ2) is 6.28. The summed E-state index contributed by atoms with van der Waals surface area (Å²) in [7, 11) is 0. The molecule has 0 unspecified atom stereocenters. The van der Waals surface area contributed by atoms with Crippen molar-refractivity contribution in [3.8, 4) is 0 Å². The maximum atomic E-state index is 5.81. The first-order valence-electron chi connectivity index (χ1n) is 7.46. The number of nitrogens with zero attached hydrogens (tertiary/aromatic N) is 2. The van der Waals surface area contributed by atoms with Crippen LogP contribution in [0.5, 0.6) is 0 Å². The van der Waals surface area contributed by atoms with E-state index < -0.39 is 0 Å². The summed E-state index contributed by atoms with van der Waals surface area (Å²) in [5.74, 6) is 1.69. The van der Waals surface area contributed by atoms with Gasteiger partial charge in [-0.2, -0.15) is 0 Å². The Kier molecular flexibility index (Phi) is 4.84. The standard InChI is InChI=1S/C16H25N3OS/c1-7-8-17-14-13-10(2)11(3)21-15(13)19-12(18-14)9-20-16(4,5)6/h7-9H2,1-6H3,(H,17,18,19). The van der Waals surface area contributed by atoms with Gasteiger partial charge in [0.25, 0.3) is 0 Å². The number of hydrogen-bond acceptors (Lipinski definition) is 5. The van der Waals surface area contributed by atoms with Gasteiger partial charge in [-0.3, -0.25) is 0 Å². The summed E-state index contributed by atoms with van der Waals surface area (Å²) in [6.07, 6.45) is 1.07. The van der Waals surface area contributed by atoms with Gasteiger partial charge >= 0.3 is 0 Å². The van der Waals surface area contributed by atoms with Crippen molar-refractivity contribution < 1.29 is 4.74 Å². The highest BCUT2D eigenvalue weighted by atomic mass is 32.1. The van der Waals surface area contributed by atoms with E-state index in [1.165, 1.54) is 10.4 Å². The van der Waals surface area contributed by atoms with Crippen LogP contribution in [-0.2, 0) is 11.3 Å². The van der Waals surface area contributed by atoms with E-state index in [0.717, 1.165) is 34.8 Å². The van der Waals surface area contributed by atoms with E-state index in [1.54, 1.807) is 11.3 Å². The molecule has 0 fully saturated rings. The van der Waals surface area contributed by atoms with E-state index in [-0.39, 0.29) is 5.60 Å². The molecule has 2 rings (SSSR count). The van der Waals surface area contributed by atoms with Gasteiger partial charge in [0.2, 0.25) is 0 Å². The van der Waals surface area contributed by atoms with Crippen molar-refractivity contribution in [2.75, 3.05) is 11.9 Å². The quantitative estimate of drug-likeness (QED) is 0.886. The zero-order chi connectivity index (χ0) is 15.6. The molecule has 0 aliphatic carbocycles. The molecule has 0 aliphatic heterocycles. The van der Waals surface area contributed by atoms with Crippen molar-refractivity contribution in [3.05, 3.63) is 16.3 Å². The fourth-order valence-electron chi connectivity index (χ4n) is 2.01. The first-order valence-corrected chi connectivity index (χ1v) is 8.28. The van der Waals surface area contributed by atoms with E-state index in [4.69, 9.17) is 4.74 Å². The zero-order valence-corrected chi connectivity index (χ0v) is 14.6. The van der Waals surface area contributed by atoms with Crippen molar-refractivity contribution in [1.82, 2.24) is 9.97 Å². The minimum absolute atomic E-state index is 0.184. The first kappa shape index (κ1) is 16.2. The fraction of sp³-hybridized carbons (Fsp3) is 0.625. The Morgan fingerprint density at radius 1 is 1.19 bits per heavy atom. The lowest BCUT2D eigenvalue weighted by molar-refractivity contribution is -0.0179. The van der Waals surface area contributed by atoms with Crippen molar-refractivity contribution in [2.45, 2.75) is 60.2 Å². The second-order valence-corrected chi connectivity index (χ2v) is 7.48. The van der Waals surface area contributed by atoms with Gasteiger partial charge in [-0.05, 0) is 46.6 Å². The Balaban J connectivity index is 2.39. The molecule has 2 aromatic rings. The molecule has 2 heterocycles. The van der Waals surface area contributed by atoms with E-state index in [2.05, 4.69) is 36.1 Å². The van der Waals surface area contributed by atoms with E-state index >= 15 is 0 Å². The van der Waals surface area contributed by atoms with Gasteiger partial charge in [0.15, 0.2) is 5.82 Å². The highest BCUT2D eigenvalue weighted by molar-refractivity contribution is 7.18. The van der Waals surface area contributed by atoms with Crippen molar-refractivity contribution in [2.24, 2.45) is 0 Å². The number of anilines is 1. The topological polar surface area (TPSA) is 47.0 Å². The van der Waals surface area contributed by atoms with Crippen molar-refractivity contribution in [3.63, 3.8) is 0 Å². The summed E-state index contributed by atoms with van der Waals surface area (Å²) < 4.78 is 5.81. The molecule has 0 atom stereocenters. The molecule has 0 saturated heterocycles. The summed E-state index contributed by atoms with van der Waals surface area (Å²) in [5.41, 5.74) is 1.09. The fourth-order valence-corrected chi connectivity index (χ4v) is 3.06. The van der Waals surface area contributed by atoms with Crippen LogP contribution in [-0.4, -0.2) is 22.1 Å². The summed E-state index contributed by atoms with van der Waals surface area (Å²) >= 11 is 1.73. The molecule has 4 nitrogen and oxygen atoms in total. The van der Waals surface area contributed by atoms with Gasteiger partial charge in [-0.15, -0.1) is 11.3 Å². The Bertz CT molecular complexity index is 628. The number of fused-ring (bicyclic) bond motifs is 1. The lowest BCUT2D eigenvalue weighted by Gasteiger charge is -2.19. The molecule has 21 heavy (non-hydrogen) atoms. The number of nitrogens with one attached hydrogen (secondary N) is 1. The lowest BCUT2D eigenvalue weighted by Crippen LogP contribution is -2.19. The van der Waals surface area contributed by atoms with Gasteiger partial charge in [0.05, 0.1) is 11.0 Å². The summed E-state index contributed by atoms with van der Waals surface area (Å²) in [4.78, 5) is 11.7. The monoisotopic (exact) mass is 307 g/mol. The molecular weight excluding hydrogens is 282 g/mol. The smallest absolute Gasteiger partial charge is 0.158 e. The molecule has 0 bridgehead atoms. The third kappa shape index (κ3) is 3.92. The highest BCUT2D eigenvalue weighted by Gasteiger charge is 2.16. The molecule has 0 amide bonds. The molecule has 0 saturated carbocycles. The van der Waals surface area contributed by atoms with E-state index in [0.29, 0.717) is 6.61 Å². The van der Waals surface area contributed by atoms with Crippen LogP contribution < -0.4 is 5.32 Å². The van der Waals surface area contributed by atoms with Gasteiger partial charge in [-0.1, -0.05) is 6.92 Å². The molecule has 2 aromatic heterocycles. The second-order valence-electron chi connectivity index (χ2n) is 6.28. The third-order valence-corrected chi connectivity index (χ3v) is 4.35. The molecule has 0 aliphatic rings. The molecule has 116 valence electrons. The maximum absolute atomic E-state index is 5.81. The molecule has 0 spiro atoms. The van der Waals surface area contributed by atoms with Crippen LogP contribution in [0.15, 0.2) is 0 Å². The molecule has 0 radical (unpaired) electrons. The number of ether oxygens (including phenoxy) is 1. The van der Waals surface area contributed by atoms with Crippen LogP contribution in [0.2, 0.25) is 0 Å². The van der Waals surface area contributed by atoms with Crippen LogP contribution in [0.3, 0.4) is 0 Å². The Hall–Kier alpha value is -1.20. The van der Waals surface area contributed by atoms with E-state index in [1.807, 2.05) is 20.8 Å². The highest BCUT2D eigenvalue weighted by Crippen LogP contribution is 2.33. The number of thiophene rings is 1. The van der Waals surface area contributed by atoms with Crippen LogP contribution in [0.25, 0.3) is 10.2 Å². The van der Waals surface area contributed by atoms with Gasteiger partial charge in [-0.25, -0.2) is 9.97 Å². The molecule has 5 heteroatoms. The summed E-state index contributed by atoms with van der Waals surface area (Å²) in [6, 6.07) is 0. The minimum Gasteiger partial charge on any atom is -0.369 e.